The van der Waals surface area contributed by atoms with Gasteiger partial charge in [-0.15, -0.1) is 0 Å². The number of nitrogens with one attached hydrogen (secondary N) is 1. The maximum atomic E-state index is 5.22. The second kappa shape index (κ2) is 6.35. The number of ether oxygens (including phenoxy) is 1. The molecule has 5 nitrogen and oxygen atoms in total. The lowest BCUT2D eigenvalue weighted by Gasteiger charge is -2.18. The minimum absolute atomic E-state index is 0.808. The van der Waals surface area contributed by atoms with E-state index in [4.69, 9.17) is 14.7 Å². The summed E-state index contributed by atoms with van der Waals surface area (Å²) in [5, 5.41) is 4.45. The summed E-state index contributed by atoms with van der Waals surface area (Å²) >= 11 is 0. The van der Waals surface area contributed by atoms with Gasteiger partial charge < -0.3 is 15.0 Å². The van der Waals surface area contributed by atoms with Gasteiger partial charge in [-0.1, -0.05) is 12.1 Å². The number of aromatic nitrogens is 2. The Morgan fingerprint density at radius 3 is 2.46 bits per heavy atom. The second-order valence-electron chi connectivity index (χ2n) is 5.94. The number of nitrogens with zero attached hydrogens (tertiary/aromatic N) is 3. The van der Waals surface area contributed by atoms with Crippen molar-refractivity contribution in [3.8, 4) is 5.75 Å². The molecule has 0 saturated carbocycles. The monoisotopic (exact) mass is 320 g/mol. The smallest absolute Gasteiger partial charge is 0.227 e. The molecule has 4 rings (SSSR count). The van der Waals surface area contributed by atoms with Gasteiger partial charge in [0.2, 0.25) is 5.95 Å². The van der Waals surface area contributed by atoms with Crippen molar-refractivity contribution < 1.29 is 4.74 Å². The van der Waals surface area contributed by atoms with Crippen molar-refractivity contribution in [2.24, 2.45) is 0 Å². The van der Waals surface area contributed by atoms with Crippen molar-refractivity contribution in [2.75, 3.05) is 30.4 Å². The number of methoxy groups -OCH3 is 1. The molecule has 0 atom stereocenters. The van der Waals surface area contributed by atoms with Crippen molar-refractivity contribution in [1.29, 1.82) is 0 Å². The molecule has 24 heavy (non-hydrogen) atoms. The third kappa shape index (κ3) is 2.85. The Labute approximate surface area is 141 Å². The maximum absolute atomic E-state index is 5.22. The highest BCUT2D eigenvalue weighted by Crippen LogP contribution is 2.28. The van der Waals surface area contributed by atoms with E-state index >= 15 is 0 Å². The molecule has 1 aromatic heterocycles. The topological polar surface area (TPSA) is 50.3 Å². The van der Waals surface area contributed by atoms with Gasteiger partial charge in [-0.3, -0.25) is 0 Å². The molecule has 5 heteroatoms. The molecule has 0 radical (unpaired) electrons. The zero-order valence-electron chi connectivity index (χ0n) is 13.7. The second-order valence-corrected chi connectivity index (χ2v) is 5.94. The summed E-state index contributed by atoms with van der Waals surface area (Å²) < 4.78 is 5.22. The molecule has 0 aliphatic carbocycles. The first-order valence-electron chi connectivity index (χ1n) is 8.26. The van der Waals surface area contributed by atoms with Crippen LogP contribution in [0.1, 0.15) is 12.8 Å². The van der Waals surface area contributed by atoms with E-state index in [1.54, 1.807) is 7.11 Å². The van der Waals surface area contributed by atoms with Crippen LogP contribution < -0.4 is 15.0 Å². The third-order valence-corrected chi connectivity index (χ3v) is 4.33. The van der Waals surface area contributed by atoms with E-state index in [1.165, 1.54) is 12.8 Å². The number of fused-ring (bicyclic) bond motifs is 1. The van der Waals surface area contributed by atoms with Gasteiger partial charge in [0.25, 0.3) is 0 Å². The van der Waals surface area contributed by atoms with Crippen molar-refractivity contribution in [3.63, 3.8) is 0 Å². The normalized spacial score (nSPS) is 14.1. The first-order chi connectivity index (χ1) is 11.8. The minimum atomic E-state index is 0.808. The number of anilines is 3. The van der Waals surface area contributed by atoms with Crippen LogP contribution in [0.3, 0.4) is 0 Å². The molecule has 0 amide bonds. The molecular formula is C19H20N4O. The van der Waals surface area contributed by atoms with E-state index in [9.17, 15) is 0 Å². The van der Waals surface area contributed by atoms with Crippen LogP contribution in [0.15, 0.2) is 48.5 Å². The van der Waals surface area contributed by atoms with Crippen LogP contribution in [0.25, 0.3) is 10.9 Å². The Bertz CT molecular complexity index is 842. The van der Waals surface area contributed by atoms with E-state index in [0.717, 1.165) is 47.2 Å². The van der Waals surface area contributed by atoms with Crippen molar-refractivity contribution in [3.05, 3.63) is 48.5 Å². The Hall–Kier alpha value is -2.82. The SMILES string of the molecule is COc1ccc(Nc2nc(N3CCCC3)nc3ccccc23)cc1. The predicted octanol–water partition coefficient (Wildman–Crippen LogP) is 3.98. The Morgan fingerprint density at radius 1 is 0.958 bits per heavy atom. The Balaban J connectivity index is 1.74. The summed E-state index contributed by atoms with van der Waals surface area (Å²) in [4.78, 5) is 11.8. The molecule has 122 valence electrons. The van der Waals surface area contributed by atoms with Gasteiger partial charge >= 0.3 is 0 Å². The first-order valence-corrected chi connectivity index (χ1v) is 8.26. The highest BCUT2D eigenvalue weighted by Gasteiger charge is 2.17. The quantitative estimate of drug-likeness (QED) is 0.788. The number of hydrogen-bond donors (Lipinski definition) is 1. The minimum Gasteiger partial charge on any atom is -0.497 e. The molecule has 0 spiro atoms. The lowest BCUT2D eigenvalue weighted by Crippen LogP contribution is -2.20. The molecule has 0 unspecified atom stereocenters. The van der Waals surface area contributed by atoms with Gasteiger partial charge in [0.15, 0.2) is 0 Å². The zero-order chi connectivity index (χ0) is 16.4. The highest BCUT2D eigenvalue weighted by molar-refractivity contribution is 5.91. The third-order valence-electron chi connectivity index (χ3n) is 4.33. The molecule has 2 heterocycles. The number of rotatable bonds is 4. The maximum Gasteiger partial charge on any atom is 0.227 e. The summed E-state index contributed by atoms with van der Waals surface area (Å²) in [5.74, 6) is 2.49. The van der Waals surface area contributed by atoms with Gasteiger partial charge in [-0.05, 0) is 49.2 Å². The van der Waals surface area contributed by atoms with Gasteiger partial charge in [-0.25, -0.2) is 4.98 Å². The van der Waals surface area contributed by atoms with Crippen molar-refractivity contribution in [1.82, 2.24) is 9.97 Å². The van der Waals surface area contributed by atoms with Gasteiger partial charge in [-0.2, -0.15) is 4.98 Å². The summed E-state index contributed by atoms with van der Waals surface area (Å²) in [6, 6.07) is 16.0. The Kier molecular flexibility index (Phi) is 3.91. The van der Waals surface area contributed by atoms with Gasteiger partial charge in [0.05, 0.1) is 12.6 Å². The van der Waals surface area contributed by atoms with Gasteiger partial charge in [0, 0.05) is 24.2 Å². The van der Waals surface area contributed by atoms with Crippen molar-refractivity contribution in [2.45, 2.75) is 12.8 Å². The van der Waals surface area contributed by atoms with Crippen LogP contribution in [0, 0.1) is 0 Å². The fourth-order valence-corrected chi connectivity index (χ4v) is 3.03. The van der Waals surface area contributed by atoms with E-state index in [-0.39, 0.29) is 0 Å². The van der Waals surface area contributed by atoms with Crippen LogP contribution in [0.5, 0.6) is 5.75 Å². The average molecular weight is 320 g/mol. The standard InChI is InChI=1S/C19H20N4O/c1-24-15-10-8-14(9-11-15)20-18-16-6-2-3-7-17(16)21-19(22-18)23-12-4-5-13-23/h2-3,6-11H,4-5,12-13H2,1H3,(H,20,21,22). The van der Waals surface area contributed by atoms with Crippen LogP contribution in [-0.2, 0) is 0 Å². The summed E-state index contributed by atoms with van der Waals surface area (Å²) in [7, 11) is 1.67. The lowest BCUT2D eigenvalue weighted by molar-refractivity contribution is 0.415. The molecule has 1 saturated heterocycles. The van der Waals surface area contributed by atoms with E-state index in [0.29, 0.717) is 0 Å². The van der Waals surface area contributed by atoms with Crippen LogP contribution >= 0.6 is 0 Å². The summed E-state index contributed by atoms with van der Waals surface area (Å²) in [6.45, 7) is 2.06. The fourth-order valence-electron chi connectivity index (χ4n) is 3.03. The molecule has 1 fully saturated rings. The molecule has 1 aliphatic rings. The number of hydrogen-bond acceptors (Lipinski definition) is 5. The van der Waals surface area contributed by atoms with E-state index in [2.05, 4.69) is 16.3 Å². The largest absolute Gasteiger partial charge is 0.497 e. The highest BCUT2D eigenvalue weighted by atomic mass is 16.5. The number of para-hydroxylation sites is 1. The molecule has 1 N–H and O–H groups in total. The van der Waals surface area contributed by atoms with Crippen LogP contribution in [0.2, 0.25) is 0 Å². The molecular weight excluding hydrogens is 300 g/mol. The first kappa shape index (κ1) is 14.8. The summed E-state index contributed by atoms with van der Waals surface area (Å²) in [6.07, 6.45) is 2.41. The van der Waals surface area contributed by atoms with Crippen LogP contribution in [-0.4, -0.2) is 30.2 Å². The lowest BCUT2D eigenvalue weighted by atomic mass is 10.2. The van der Waals surface area contributed by atoms with Crippen LogP contribution in [0.4, 0.5) is 17.5 Å². The average Bonchev–Trinajstić information content (AvgIpc) is 3.17. The molecule has 2 aromatic carbocycles. The zero-order valence-corrected chi connectivity index (χ0v) is 13.7. The number of benzene rings is 2. The molecule has 3 aromatic rings. The van der Waals surface area contributed by atoms with E-state index < -0.39 is 0 Å². The fraction of sp³-hybridized carbons (Fsp3) is 0.263. The predicted molar refractivity (Wildman–Crippen MR) is 97.3 cm³/mol. The molecule has 0 bridgehead atoms. The van der Waals surface area contributed by atoms with Crippen molar-refractivity contribution >= 4 is 28.4 Å². The Morgan fingerprint density at radius 2 is 1.71 bits per heavy atom. The molecule has 1 aliphatic heterocycles. The van der Waals surface area contributed by atoms with E-state index in [1.807, 2.05) is 42.5 Å². The van der Waals surface area contributed by atoms with Gasteiger partial charge in [0.1, 0.15) is 11.6 Å². The summed E-state index contributed by atoms with van der Waals surface area (Å²) in [5.41, 5.74) is 1.94.